The SMILES string of the molecule is CN(C)C1(CNC(=O)CC2Sc3ccc(Cl)cc3NC2=O)CCCC1. The summed E-state index contributed by atoms with van der Waals surface area (Å²) in [5.41, 5.74) is 0.776. The van der Waals surface area contributed by atoms with E-state index < -0.39 is 5.25 Å². The first kappa shape index (κ1) is 18.5. The Balaban J connectivity index is 1.58. The van der Waals surface area contributed by atoms with Crippen molar-refractivity contribution in [3.05, 3.63) is 23.2 Å². The van der Waals surface area contributed by atoms with Crippen molar-refractivity contribution in [2.24, 2.45) is 0 Å². The minimum absolute atomic E-state index is 0.0565. The molecule has 2 N–H and O–H groups in total. The van der Waals surface area contributed by atoms with Crippen LogP contribution in [-0.4, -0.2) is 48.1 Å². The Bertz CT molecular complexity index is 674. The maximum absolute atomic E-state index is 12.4. The Morgan fingerprint density at radius 1 is 1.40 bits per heavy atom. The second kappa shape index (κ2) is 7.56. The summed E-state index contributed by atoms with van der Waals surface area (Å²) < 4.78 is 0. The minimum Gasteiger partial charge on any atom is -0.354 e. The van der Waals surface area contributed by atoms with Crippen molar-refractivity contribution < 1.29 is 9.59 Å². The summed E-state index contributed by atoms with van der Waals surface area (Å²) in [5.74, 6) is -0.212. The number of benzene rings is 1. The topological polar surface area (TPSA) is 61.4 Å². The molecule has 136 valence electrons. The van der Waals surface area contributed by atoms with Crippen LogP contribution in [0.5, 0.6) is 0 Å². The summed E-state index contributed by atoms with van der Waals surface area (Å²) in [5, 5.41) is 6.07. The lowest BCUT2D eigenvalue weighted by Gasteiger charge is -2.36. The molecular formula is C18H24ClN3O2S. The highest BCUT2D eigenvalue weighted by molar-refractivity contribution is 8.01. The zero-order valence-electron chi connectivity index (χ0n) is 14.6. The third-order valence-electron chi connectivity index (χ3n) is 5.23. The molecule has 1 fully saturated rings. The number of hydrogen-bond donors (Lipinski definition) is 2. The molecule has 2 aliphatic rings. The third-order valence-corrected chi connectivity index (χ3v) is 6.74. The van der Waals surface area contributed by atoms with Crippen LogP contribution in [0.4, 0.5) is 5.69 Å². The Kier molecular flexibility index (Phi) is 5.61. The number of thioether (sulfide) groups is 1. The molecule has 1 aliphatic heterocycles. The molecule has 25 heavy (non-hydrogen) atoms. The van der Waals surface area contributed by atoms with Crippen LogP contribution in [0, 0.1) is 0 Å². The lowest BCUT2D eigenvalue weighted by Crippen LogP contribution is -2.51. The lowest BCUT2D eigenvalue weighted by atomic mass is 9.96. The first-order valence-electron chi connectivity index (χ1n) is 8.61. The van der Waals surface area contributed by atoms with Gasteiger partial charge in [-0.05, 0) is 45.1 Å². The van der Waals surface area contributed by atoms with Gasteiger partial charge in [-0.3, -0.25) is 9.59 Å². The van der Waals surface area contributed by atoms with E-state index in [1.54, 1.807) is 12.1 Å². The van der Waals surface area contributed by atoms with Gasteiger partial charge in [-0.1, -0.05) is 24.4 Å². The average molecular weight is 382 g/mol. The normalized spacial score (nSPS) is 21.8. The fraction of sp³-hybridized carbons (Fsp3) is 0.556. The molecule has 0 spiro atoms. The number of nitrogens with zero attached hydrogens (tertiary/aromatic N) is 1. The summed E-state index contributed by atoms with van der Waals surface area (Å²) in [6.07, 6.45) is 4.80. The number of carbonyl (C=O) groups is 2. The third kappa shape index (κ3) is 4.13. The van der Waals surface area contributed by atoms with E-state index in [4.69, 9.17) is 11.6 Å². The smallest absolute Gasteiger partial charge is 0.238 e. The molecule has 0 bridgehead atoms. The van der Waals surface area contributed by atoms with Gasteiger partial charge in [0.2, 0.25) is 11.8 Å². The molecule has 1 saturated carbocycles. The molecule has 7 heteroatoms. The van der Waals surface area contributed by atoms with E-state index in [0.717, 1.165) is 23.4 Å². The number of amides is 2. The summed E-state index contributed by atoms with van der Waals surface area (Å²) >= 11 is 7.38. The van der Waals surface area contributed by atoms with Gasteiger partial charge in [-0.25, -0.2) is 0 Å². The molecule has 1 aromatic rings. The van der Waals surface area contributed by atoms with Gasteiger partial charge in [-0.15, -0.1) is 11.8 Å². The van der Waals surface area contributed by atoms with Crippen molar-refractivity contribution >= 4 is 40.9 Å². The summed E-state index contributed by atoms with van der Waals surface area (Å²) in [7, 11) is 4.15. The van der Waals surface area contributed by atoms with E-state index in [2.05, 4.69) is 29.6 Å². The predicted octanol–water partition coefficient (Wildman–Crippen LogP) is 3.13. The molecule has 1 atom stereocenters. The van der Waals surface area contributed by atoms with Crippen LogP contribution >= 0.6 is 23.4 Å². The molecule has 1 heterocycles. The summed E-state index contributed by atoms with van der Waals surface area (Å²) in [4.78, 5) is 27.8. The molecule has 0 aromatic heterocycles. The van der Waals surface area contributed by atoms with Crippen LogP contribution in [0.25, 0.3) is 0 Å². The summed E-state index contributed by atoms with van der Waals surface area (Å²) in [6, 6.07) is 5.41. The van der Waals surface area contributed by atoms with Gasteiger partial charge in [0.25, 0.3) is 0 Å². The quantitative estimate of drug-likeness (QED) is 0.822. The largest absolute Gasteiger partial charge is 0.354 e. The number of carbonyl (C=O) groups excluding carboxylic acids is 2. The number of likely N-dealkylation sites (N-methyl/N-ethyl adjacent to an activating group) is 1. The van der Waals surface area contributed by atoms with E-state index in [0.29, 0.717) is 11.6 Å². The van der Waals surface area contributed by atoms with Crippen molar-refractivity contribution in [1.82, 2.24) is 10.2 Å². The fourth-order valence-corrected chi connectivity index (χ4v) is 4.84. The molecule has 2 amide bonds. The summed E-state index contributed by atoms with van der Waals surface area (Å²) in [6.45, 7) is 0.643. The van der Waals surface area contributed by atoms with Crippen molar-refractivity contribution in [1.29, 1.82) is 0 Å². The number of nitrogens with one attached hydrogen (secondary N) is 2. The number of halogens is 1. The first-order valence-corrected chi connectivity index (χ1v) is 9.87. The Hall–Kier alpha value is -1.24. The second-order valence-electron chi connectivity index (χ2n) is 7.04. The van der Waals surface area contributed by atoms with Gasteiger partial charge >= 0.3 is 0 Å². The monoisotopic (exact) mass is 381 g/mol. The van der Waals surface area contributed by atoms with Crippen LogP contribution < -0.4 is 10.6 Å². The van der Waals surface area contributed by atoms with Crippen molar-refractivity contribution in [2.75, 3.05) is 26.0 Å². The van der Waals surface area contributed by atoms with Crippen LogP contribution in [0.15, 0.2) is 23.1 Å². The molecule has 0 saturated heterocycles. The molecule has 1 aromatic carbocycles. The molecule has 1 aliphatic carbocycles. The number of rotatable bonds is 5. The Morgan fingerprint density at radius 3 is 2.80 bits per heavy atom. The van der Waals surface area contributed by atoms with Crippen molar-refractivity contribution in [3.63, 3.8) is 0 Å². The number of hydrogen-bond acceptors (Lipinski definition) is 4. The van der Waals surface area contributed by atoms with Crippen LogP contribution in [0.2, 0.25) is 5.02 Å². The van der Waals surface area contributed by atoms with Crippen LogP contribution in [0.1, 0.15) is 32.1 Å². The van der Waals surface area contributed by atoms with Crippen LogP contribution in [0.3, 0.4) is 0 Å². The molecule has 5 nitrogen and oxygen atoms in total. The van der Waals surface area contributed by atoms with E-state index in [1.165, 1.54) is 24.6 Å². The molecular weight excluding hydrogens is 358 g/mol. The Labute approximate surface area is 157 Å². The van der Waals surface area contributed by atoms with Gasteiger partial charge in [0.05, 0.1) is 10.9 Å². The second-order valence-corrected chi connectivity index (χ2v) is 8.72. The standard InChI is InChI=1S/C18H24ClN3O2S/c1-22(2)18(7-3-4-8-18)11-20-16(23)10-15-17(24)21-13-9-12(19)5-6-14(13)25-15/h5-6,9,15H,3-4,7-8,10-11H2,1-2H3,(H,20,23)(H,21,24). The predicted molar refractivity (Wildman–Crippen MR) is 102 cm³/mol. The van der Waals surface area contributed by atoms with Gasteiger partial charge in [0.15, 0.2) is 0 Å². The van der Waals surface area contributed by atoms with E-state index in [1.807, 2.05) is 6.07 Å². The molecule has 1 unspecified atom stereocenters. The van der Waals surface area contributed by atoms with E-state index in [-0.39, 0.29) is 23.8 Å². The van der Waals surface area contributed by atoms with Crippen molar-refractivity contribution in [3.8, 4) is 0 Å². The molecule has 0 radical (unpaired) electrons. The van der Waals surface area contributed by atoms with Gasteiger partial charge < -0.3 is 15.5 Å². The van der Waals surface area contributed by atoms with Gasteiger partial charge in [0.1, 0.15) is 0 Å². The van der Waals surface area contributed by atoms with Gasteiger partial charge in [0, 0.05) is 28.4 Å². The average Bonchev–Trinajstić information content (AvgIpc) is 3.04. The zero-order valence-corrected chi connectivity index (χ0v) is 16.2. The minimum atomic E-state index is -0.410. The zero-order chi connectivity index (χ0) is 18.0. The maximum Gasteiger partial charge on any atom is 0.238 e. The fourth-order valence-electron chi connectivity index (χ4n) is 3.58. The number of anilines is 1. The highest BCUT2D eigenvalue weighted by Gasteiger charge is 2.36. The molecule has 3 rings (SSSR count). The van der Waals surface area contributed by atoms with Crippen molar-refractivity contribution in [2.45, 2.75) is 47.8 Å². The van der Waals surface area contributed by atoms with Gasteiger partial charge in [-0.2, -0.15) is 0 Å². The Morgan fingerprint density at radius 2 is 2.12 bits per heavy atom. The first-order chi connectivity index (χ1) is 11.9. The number of fused-ring (bicyclic) bond motifs is 1. The highest BCUT2D eigenvalue weighted by Crippen LogP contribution is 2.38. The lowest BCUT2D eigenvalue weighted by molar-refractivity contribution is -0.124. The highest BCUT2D eigenvalue weighted by atomic mass is 35.5. The van der Waals surface area contributed by atoms with Crippen LogP contribution in [-0.2, 0) is 9.59 Å². The maximum atomic E-state index is 12.4. The van der Waals surface area contributed by atoms with E-state index >= 15 is 0 Å². The van der Waals surface area contributed by atoms with E-state index in [9.17, 15) is 9.59 Å².